The van der Waals surface area contributed by atoms with Gasteiger partial charge in [-0.05, 0) is 18.2 Å². The number of aromatic nitrogens is 6. The quantitative estimate of drug-likeness (QED) is 0.541. The molecule has 10 heteroatoms. The van der Waals surface area contributed by atoms with Crippen LogP contribution in [0.3, 0.4) is 0 Å². The van der Waals surface area contributed by atoms with Crippen molar-refractivity contribution in [2.75, 3.05) is 11.5 Å². The van der Waals surface area contributed by atoms with Gasteiger partial charge in [0.05, 0.1) is 18.1 Å². The van der Waals surface area contributed by atoms with E-state index in [1.807, 2.05) is 0 Å². The van der Waals surface area contributed by atoms with Gasteiger partial charge in [-0.3, -0.25) is 0 Å². The van der Waals surface area contributed by atoms with Crippen LogP contribution in [0.5, 0.6) is 0 Å². The fourth-order valence-electron chi connectivity index (χ4n) is 2.52. The third kappa shape index (κ3) is 2.74. The maximum absolute atomic E-state index is 14.1. The second-order valence-corrected chi connectivity index (χ2v) is 5.77. The molecular formula is C15H12ClFN8. The number of nitrogen functional groups attached to an aromatic ring is 2. The molecule has 0 unspecified atom stereocenters. The van der Waals surface area contributed by atoms with Crippen molar-refractivity contribution in [3.8, 4) is 5.82 Å². The molecule has 0 fully saturated rings. The Kier molecular flexibility index (Phi) is 3.50. The van der Waals surface area contributed by atoms with Gasteiger partial charge in [-0.2, -0.15) is 20.2 Å². The third-order valence-electron chi connectivity index (χ3n) is 3.66. The lowest BCUT2D eigenvalue weighted by Gasteiger charge is -2.07. The van der Waals surface area contributed by atoms with Crippen molar-refractivity contribution in [2.24, 2.45) is 0 Å². The summed E-state index contributed by atoms with van der Waals surface area (Å²) in [6.45, 7) is 0.172. The largest absolute Gasteiger partial charge is 0.399 e. The van der Waals surface area contributed by atoms with E-state index in [1.165, 1.54) is 15.4 Å². The molecule has 8 nitrogen and oxygen atoms in total. The average Bonchev–Trinajstić information content (AvgIpc) is 3.16. The van der Waals surface area contributed by atoms with Crippen LogP contribution in [0.4, 0.5) is 16.0 Å². The zero-order valence-electron chi connectivity index (χ0n) is 12.8. The Labute approximate surface area is 145 Å². The molecule has 4 aromatic rings. The first-order chi connectivity index (χ1) is 12.0. The van der Waals surface area contributed by atoms with Crippen molar-refractivity contribution in [3.63, 3.8) is 0 Å². The van der Waals surface area contributed by atoms with Crippen molar-refractivity contribution in [2.45, 2.75) is 6.54 Å². The van der Waals surface area contributed by atoms with Gasteiger partial charge in [-0.15, -0.1) is 0 Å². The number of halogens is 2. The minimum absolute atomic E-state index is 0.0497. The summed E-state index contributed by atoms with van der Waals surface area (Å²) in [7, 11) is 0. The molecule has 0 aliphatic rings. The van der Waals surface area contributed by atoms with Gasteiger partial charge in [0.15, 0.2) is 16.6 Å². The molecule has 0 bridgehead atoms. The highest BCUT2D eigenvalue weighted by molar-refractivity contribution is 6.29. The van der Waals surface area contributed by atoms with Crippen molar-refractivity contribution in [3.05, 3.63) is 53.2 Å². The van der Waals surface area contributed by atoms with E-state index >= 15 is 0 Å². The van der Waals surface area contributed by atoms with Gasteiger partial charge in [0, 0.05) is 17.4 Å². The van der Waals surface area contributed by atoms with Gasteiger partial charge in [0.25, 0.3) is 0 Å². The van der Waals surface area contributed by atoms with Gasteiger partial charge < -0.3 is 11.5 Å². The van der Waals surface area contributed by atoms with E-state index < -0.39 is 5.82 Å². The van der Waals surface area contributed by atoms with E-state index in [4.69, 9.17) is 23.1 Å². The topological polar surface area (TPSA) is 113 Å². The molecule has 0 amide bonds. The average molecular weight is 359 g/mol. The molecule has 0 aliphatic carbocycles. The molecule has 0 saturated heterocycles. The molecule has 25 heavy (non-hydrogen) atoms. The number of nitrogens with two attached hydrogens (primary N) is 2. The first-order valence-corrected chi connectivity index (χ1v) is 7.63. The molecule has 4 N–H and O–H groups in total. The zero-order chi connectivity index (χ0) is 17.6. The third-order valence-corrected chi connectivity index (χ3v) is 3.87. The Balaban J connectivity index is 1.83. The molecule has 126 valence electrons. The molecule has 0 atom stereocenters. The highest BCUT2D eigenvalue weighted by Gasteiger charge is 2.15. The maximum atomic E-state index is 14.1. The van der Waals surface area contributed by atoms with Gasteiger partial charge >= 0.3 is 0 Å². The Morgan fingerprint density at radius 1 is 1.16 bits per heavy atom. The van der Waals surface area contributed by atoms with Crippen LogP contribution >= 0.6 is 11.6 Å². The second kappa shape index (κ2) is 5.71. The SMILES string of the molecule is Nc1ccc(Cn2ncc3c(-n4ccc(Cl)n4)nc(N)nc32)c(F)c1. The summed E-state index contributed by atoms with van der Waals surface area (Å²) in [5.41, 5.74) is 12.6. The van der Waals surface area contributed by atoms with Crippen molar-refractivity contribution in [1.82, 2.24) is 29.5 Å². The standard InChI is InChI=1S/C15H12ClFN8/c16-12-3-4-24(23-12)13-10-6-20-25(14(10)22-15(19)21-13)7-8-1-2-9(18)5-11(8)17/h1-6H,7,18H2,(H2,19,21,22). The molecule has 3 heterocycles. The van der Waals surface area contributed by atoms with Crippen LogP contribution in [0.2, 0.25) is 5.15 Å². The predicted octanol–water partition coefficient (Wildman–Crippen LogP) is 2.02. The summed E-state index contributed by atoms with van der Waals surface area (Å²) in [5, 5.41) is 9.33. The van der Waals surface area contributed by atoms with Crippen LogP contribution in [0.25, 0.3) is 16.9 Å². The van der Waals surface area contributed by atoms with E-state index in [-0.39, 0.29) is 12.5 Å². The van der Waals surface area contributed by atoms with Gasteiger partial charge in [-0.1, -0.05) is 17.7 Å². The minimum atomic E-state index is -0.412. The molecule has 0 aliphatic heterocycles. The lowest BCUT2D eigenvalue weighted by molar-refractivity contribution is 0.590. The maximum Gasteiger partial charge on any atom is 0.224 e. The number of nitrogens with zero attached hydrogens (tertiary/aromatic N) is 6. The smallest absolute Gasteiger partial charge is 0.224 e. The molecule has 3 aromatic heterocycles. The minimum Gasteiger partial charge on any atom is -0.399 e. The van der Waals surface area contributed by atoms with E-state index in [9.17, 15) is 4.39 Å². The summed E-state index contributed by atoms with van der Waals surface area (Å²) >= 11 is 5.86. The van der Waals surface area contributed by atoms with E-state index in [1.54, 1.807) is 30.6 Å². The van der Waals surface area contributed by atoms with Crippen LogP contribution in [-0.4, -0.2) is 29.5 Å². The monoisotopic (exact) mass is 358 g/mol. The molecule has 0 radical (unpaired) electrons. The number of anilines is 2. The first-order valence-electron chi connectivity index (χ1n) is 7.26. The number of benzene rings is 1. The number of fused-ring (bicyclic) bond motifs is 1. The van der Waals surface area contributed by atoms with Gasteiger partial charge in [-0.25, -0.2) is 13.8 Å². The molecule has 1 aromatic carbocycles. The molecular weight excluding hydrogens is 347 g/mol. The fourth-order valence-corrected chi connectivity index (χ4v) is 2.66. The second-order valence-electron chi connectivity index (χ2n) is 5.38. The van der Waals surface area contributed by atoms with E-state index in [2.05, 4.69) is 20.2 Å². The lowest BCUT2D eigenvalue weighted by atomic mass is 10.2. The lowest BCUT2D eigenvalue weighted by Crippen LogP contribution is -2.08. The highest BCUT2D eigenvalue weighted by Crippen LogP contribution is 2.22. The van der Waals surface area contributed by atoms with Crippen LogP contribution in [0.15, 0.2) is 36.7 Å². The molecule has 0 saturated carbocycles. The van der Waals surface area contributed by atoms with Crippen molar-refractivity contribution >= 4 is 34.3 Å². The summed E-state index contributed by atoms with van der Waals surface area (Å²) in [6, 6.07) is 6.13. The summed E-state index contributed by atoms with van der Waals surface area (Å²) in [6.07, 6.45) is 3.23. The van der Waals surface area contributed by atoms with Gasteiger partial charge in [0.2, 0.25) is 5.95 Å². The highest BCUT2D eigenvalue weighted by atomic mass is 35.5. The summed E-state index contributed by atoms with van der Waals surface area (Å²) in [4.78, 5) is 8.42. The first kappa shape index (κ1) is 15.3. The van der Waals surface area contributed by atoms with Crippen molar-refractivity contribution in [1.29, 1.82) is 0 Å². The van der Waals surface area contributed by atoms with Crippen LogP contribution < -0.4 is 11.5 Å². The van der Waals surface area contributed by atoms with Gasteiger partial charge in [0.1, 0.15) is 5.82 Å². The Bertz CT molecular complexity index is 1090. The van der Waals surface area contributed by atoms with E-state index in [0.717, 1.165) is 0 Å². The fraction of sp³-hybridized carbons (Fsp3) is 0.0667. The number of hydrogen-bond acceptors (Lipinski definition) is 6. The van der Waals surface area contributed by atoms with Crippen LogP contribution in [0, 0.1) is 5.82 Å². The summed E-state index contributed by atoms with van der Waals surface area (Å²) in [5.74, 6) is 0.0804. The van der Waals surface area contributed by atoms with E-state index in [0.29, 0.717) is 33.3 Å². The Morgan fingerprint density at radius 3 is 2.72 bits per heavy atom. The number of hydrogen-bond donors (Lipinski definition) is 2. The normalized spacial score (nSPS) is 11.3. The number of rotatable bonds is 3. The van der Waals surface area contributed by atoms with Crippen molar-refractivity contribution < 1.29 is 4.39 Å². The van der Waals surface area contributed by atoms with Crippen LogP contribution in [0.1, 0.15) is 5.56 Å². The summed E-state index contributed by atoms with van der Waals surface area (Å²) < 4.78 is 17.1. The Morgan fingerprint density at radius 2 is 2.00 bits per heavy atom. The predicted molar refractivity (Wildman–Crippen MR) is 91.8 cm³/mol. The van der Waals surface area contributed by atoms with Crippen LogP contribution in [-0.2, 0) is 6.54 Å². The zero-order valence-corrected chi connectivity index (χ0v) is 13.5. The molecule has 4 rings (SSSR count). The Hall–Kier alpha value is -3.20. The molecule has 0 spiro atoms.